The third kappa shape index (κ3) is 2.38. The molecule has 0 saturated heterocycles. The third-order valence-electron chi connectivity index (χ3n) is 3.14. The van der Waals surface area contributed by atoms with Crippen LogP contribution in [0.4, 0.5) is 0 Å². The lowest BCUT2D eigenvalue weighted by Gasteiger charge is -2.10. The Hall–Kier alpha value is -1.64. The first-order valence-corrected chi connectivity index (χ1v) is 6.15. The SMILES string of the molecule is Cc1ncc(C2CC2)c(OCC2=CCC=C2)n1. The number of allylic oxidation sites excluding steroid dienone is 2. The summed E-state index contributed by atoms with van der Waals surface area (Å²) in [7, 11) is 0. The Balaban J connectivity index is 1.76. The van der Waals surface area contributed by atoms with Crippen molar-refractivity contribution in [3.8, 4) is 5.88 Å². The Morgan fingerprint density at radius 2 is 2.29 bits per heavy atom. The molecule has 3 heteroatoms. The lowest BCUT2D eigenvalue weighted by atomic mass is 10.2. The van der Waals surface area contributed by atoms with E-state index in [9.17, 15) is 0 Å². The molecule has 1 saturated carbocycles. The Kier molecular flexibility index (Phi) is 2.67. The molecule has 1 heterocycles. The fourth-order valence-electron chi connectivity index (χ4n) is 2.01. The van der Waals surface area contributed by atoms with Crippen molar-refractivity contribution in [3.63, 3.8) is 0 Å². The molecular weight excluding hydrogens is 212 g/mol. The van der Waals surface area contributed by atoms with Gasteiger partial charge in [-0.05, 0) is 37.7 Å². The first-order chi connectivity index (χ1) is 8.33. The highest BCUT2D eigenvalue weighted by Crippen LogP contribution is 2.43. The van der Waals surface area contributed by atoms with E-state index >= 15 is 0 Å². The largest absolute Gasteiger partial charge is 0.473 e. The summed E-state index contributed by atoms with van der Waals surface area (Å²) < 4.78 is 5.83. The molecule has 17 heavy (non-hydrogen) atoms. The lowest BCUT2D eigenvalue weighted by molar-refractivity contribution is 0.335. The van der Waals surface area contributed by atoms with Gasteiger partial charge in [-0.1, -0.05) is 18.2 Å². The Morgan fingerprint density at radius 3 is 3.00 bits per heavy atom. The predicted octanol–water partition coefficient (Wildman–Crippen LogP) is 2.93. The van der Waals surface area contributed by atoms with E-state index in [1.54, 1.807) is 0 Å². The smallest absolute Gasteiger partial charge is 0.220 e. The minimum absolute atomic E-state index is 0.618. The van der Waals surface area contributed by atoms with Crippen molar-refractivity contribution in [2.45, 2.75) is 32.1 Å². The van der Waals surface area contributed by atoms with Crippen LogP contribution in [0, 0.1) is 6.92 Å². The number of hydrogen-bond donors (Lipinski definition) is 0. The second-order valence-corrected chi connectivity index (χ2v) is 4.66. The van der Waals surface area contributed by atoms with Gasteiger partial charge in [0.2, 0.25) is 5.88 Å². The maximum absolute atomic E-state index is 5.83. The highest BCUT2D eigenvalue weighted by molar-refractivity contribution is 5.33. The zero-order valence-electron chi connectivity index (χ0n) is 10.0. The Bertz CT molecular complexity index is 487. The minimum Gasteiger partial charge on any atom is -0.473 e. The highest BCUT2D eigenvalue weighted by Gasteiger charge is 2.28. The van der Waals surface area contributed by atoms with E-state index in [0.717, 1.165) is 18.1 Å². The van der Waals surface area contributed by atoms with E-state index in [2.05, 4.69) is 28.2 Å². The maximum Gasteiger partial charge on any atom is 0.220 e. The summed E-state index contributed by atoms with van der Waals surface area (Å²) in [5.74, 6) is 2.18. The van der Waals surface area contributed by atoms with Crippen LogP contribution < -0.4 is 4.74 Å². The maximum atomic E-state index is 5.83. The van der Waals surface area contributed by atoms with Crippen LogP contribution in [-0.2, 0) is 0 Å². The summed E-state index contributed by atoms with van der Waals surface area (Å²) in [5, 5.41) is 0. The van der Waals surface area contributed by atoms with Crippen molar-refractivity contribution >= 4 is 0 Å². The van der Waals surface area contributed by atoms with E-state index in [1.807, 2.05) is 13.1 Å². The summed E-state index contributed by atoms with van der Waals surface area (Å²) >= 11 is 0. The van der Waals surface area contributed by atoms with Crippen LogP contribution in [0.2, 0.25) is 0 Å². The van der Waals surface area contributed by atoms with Crippen molar-refractivity contribution in [3.05, 3.63) is 41.4 Å². The molecule has 1 aromatic rings. The molecule has 88 valence electrons. The summed E-state index contributed by atoms with van der Waals surface area (Å²) in [6.45, 7) is 2.52. The molecule has 0 radical (unpaired) electrons. The monoisotopic (exact) mass is 228 g/mol. The van der Waals surface area contributed by atoms with Gasteiger partial charge >= 0.3 is 0 Å². The second-order valence-electron chi connectivity index (χ2n) is 4.66. The topological polar surface area (TPSA) is 35.0 Å². The summed E-state index contributed by atoms with van der Waals surface area (Å²) in [5.41, 5.74) is 2.42. The third-order valence-corrected chi connectivity index (χ3v) is 3.14. The molecule has 0 bridgehead atoms. The average molecular weight is 228 g/mol. The zero-order chi connectivity index (χ0) is 11.7. The van der Waals surface area contributed by atoms with Gasteiger partial charge in [0.25, 0.3) is 0 Å². The first-order valence-electron chi connectivity index (χ1n) is 6.15. The van der Waals surface area contributed by atoms with Gasteiger partial charge < -0.3 is 4.74 Å². The number of aryl methyl sites for hydroxylation is 1. The van der Waals surface area contributed by atoms with Crippen molar-refractivity contribution in [2.24, 2.45) is 0 Å². The fourth-order valence-corrected chi connectivity index (χ4v) is 2.01. The van der Waals surface area contributed by atoms with Crippen LogP contribution in [-0.4, -0.2) is 16.6 Å². The van der Waals surface area contributed by atoms with Crippen LogP contribution in [0.1, 0.15) is 36.6 Å². The number of nitrogens with zero attached hydrogens (tertiary/aromatic N) is 2. The Morgan fingerprint density at radius 1 is 1.41 bits per heavy atom. The number of rotatable bonds is 4. The van der Waals surface area contributed by atoms with Gasteiger partial charge in [-0.3, -0.25) is 0 Å². The molecule has 0 atom stereocenters. The second kappa shape index (κ2) is 4.32. The van der Waals surface area contributed by atoms with Gasteiger partial charge in [0.1, 0.15) is 12.4 Å². The molecule has 0 spiro atoms. The van der Waals surface area contributed by atoms with Crippen LogP contribution in [0.25, 0.3) is 0 Å². The number of hydrogen-bond acceptors (Lipinski definition) is 3. The molecule has 3 rings (SSSR count). The molecule has 2 aliphatic rings. The number of aromatic nitrogens is 2. The van der Waals surface area contributed by atoms with E-state index in [4.69, 9.17) is 4.74 Å². The normalized spacial score (nSPS) is 18.3. The molecule has 2 aliphatic carbocycles. The number of ether oxygens (including phenoxy) is 1. The standard InChI is InChI=1S/C14H16N2O/c1-10-15-8-13(12-6-7-12)14(16-10)17-9-11-4-2-3-5-11/h2,4-5,8,12H,3,6-7,9H2,1H3. The molecule has 1 fully saturated rings. The zero-order valence-corrected chi connectivity index (χ0v) is 10.0. The molecule has 0 amide bonds. The van der Waals surface area contributed by atoms with Crippen LogP contribution in [0.5, 0.6) is 5.88 Å². The van der Waals surface area contributed by atoms with E-state index < -0.39 is 0 Å². The van der Waals surface area contributed by atoms with Gasteiger partial charge in [-0.2, -0.15) is 4.98 Å². The van der Waals surface area contributed by atoms with Crippen molar-refractivity contribution in [2.75, 3.05) is 6.61 Å². The van der Waals surface area contributed by atoms with Crippen molar-refractivity contribution in [1.29, 1.82) is 0 Å². The predicted molar refractivity (Wildman–Crippen MR) is 66.1 cm³/mol. The van der Waals surface area contributed by atoms with Gasteiger partial charge in [0, 0.05) is 11.8 Å². The molecule has 0 aromatic carbocycles. The van der Waals surface area contributed by atoms with Crippen LogP contribution in [0.3, 0.4) is 0 Å². The van der Waals surface area contributed by atoms with Crippen molar-refractivity contribution < 1.29 is 4.74 Å². The van der Waals surface area contributed by atoms with Gasteiger partial charge in [0.05, 0.1) is 0 Å². The van der Waals surface area contributed by atoms with Gasteiger partial charge in [-0.25, -0.2) is 4.98 Å². The van der Waals surface area contributed by atoms with E-state index in [0.29, 0.717) is 12.5 Å². The fraction of sp³-hybridized carbons (Fsp3) is 0.429. The average Bonchev–Trinajstić information content (AvgIpc) is 3.03. The molecule has 0 unspecified atom stereocenters. The minimum atomic E-state index is 0.618. The molecule has 1 aromatic heterocycles. The first kappa shape index (κ1) is 10.5. The van der Waals surface area contributed by atoms with Gasteiger partial charge in [-0.15, -0.1) is 0 Å². The molecule has 3 nitrogen and oxygen atoms in total. The summed E-state index contributed by atoms with van der Waals surface area (Å²) in [4.78, 5) is 8.67. The van der Waals surface area contributed by atoms with Crippen molar-refractivity contribution in [1.82, 2.24) is 9.97 Å². The Labute approximate surface area is 101 Å². The van der Waals surface area contributed by atoms with Gasteiger partial charge in [0.15, 0.2) is 0 Å². The molecule has 0 aliphatic heterocycles. The summed E-state index contributed by atoms with van der Waals surface area (Å²) in [6.07, 6.45) is 11.9. The summed E-state index contributed by atoms with van der Waals surface area (Å²) in [6, 6.07) is 0. The van der Waals surface area contributed by atoms with Crippen LogP contribution in [0.15, 0.2) is 30.0 Å². The highest BCUT2D eigenvalue weighted by atomic mass is 16.5. The lowest BCUT2D eigenvalue weighted by Crippen LogP contribution is -2.04. The quantitative estimate of drug-likeness (QED) is 0.794. The van der Waals surface area contributed by atoms with Crippen LogP contribution >= 0.6 is 0 Å². The van der Waals surface area contributed by atoms with E-state index in [1.165, 1.54) is 24.0 Å². The molecule has 0 N–H and O–H groups in total. The molecular formula is C14H16N2O. The van der Waals surface area contributed by atoms with E-state index in [-0.39, 0.29) is 0 Å².